The lowest BCUT2D eigenvalue weighted by atomic mass is 9.98. The van der Waals surface area contributed by atoms with E-state index in [4.69, 9.17) is 0 Å². The molecule has 1 atom stereocenters. The Bertz CT molecular complexity index is 458. The third-order valence-corrected chi connectivity index (χ3v) is 5.51. The first kappa shape index (κ1) is 13.0. The number of hydrogen-bond acceptors (Lipinski definition) is 3. The Morgan fingerprint density at radius 2 is 2.11 bits per heavy atom. The molecule has 19 heavy (non-hydrogen) atoms. The van der Waals surface area contributed by atoms with Gasteiger partial charge in [-0.3, -0.25) is 4.79 Å². The molecular weight excluding hydrogens is 258 g/mol. The average molecular weight is 277 g/mol. The second kappa shape index (κ2) is 5.17. The fourth-order valence-corrected chi connectivity index (χ4v) is 4.24. The lowest BCUT2D eigenvalue weighted by molar-refractivity contribution is -0.123. The van der Waals surface area contributed by atoms with Crippen molar-refractivity contribution in [2.75, 3.05) is 6.61 Å². The molecule has 4 heteroatoms. The first-order chi connectivity index (χ1) is 9.22. The quantitative estimate of drug-likeness (QED) is 0.890. The Balaban J connectivity index is 1.67. The topological polar surface area (TPSA) is 49.3 Å². The summed E-state index contributed by atoms with van der Waals surface area (Å²) in [5.41, 5.74) is 0.906. The SMILES string of the molecule is O=C(NC1(CO)CCCC1)C1Cc2ccccc2S1. The van der Waals surface area contributed by atoms with E-state index in [-0.39, 0.29) is 23.3 Å². The van der Waals surface area contributed by atoms with Gasteiger partial charge in [-0.25, -0.2) is 0 Å². The standard InChI is InChI=1S/C15H19NO2S/c17-10-15(7-3-4-8-15)16-14(18)13-9-11-5-1-2-6-12(11)19-13/h1-2,5-6,13,17H,3-4,7-10H2,(H,16,18). The molecule has 3 rings (SSSR count). The summed E-state index contributed by atoms with van der Waals surface area (Å²) in [5.74, 6) is 0.0807. The van der Waals surface area contributed by atoms with E-state index >= 15 is 0 Å². The molecule has 3 nitrogen and oxygen atoms in total. The maximum atomic E-state index is 12.4. The van der Waals surface area contributed by atoms with E-state index in [1.807, 2.05) is 12.1 Å². The van der Waals surface area contributed by atoms with Gasteiger partial charge in [0.2, 0.25) is 5.91 Å². The first-order valence-electron chi connectivity index (χ1n) is 6.90. The van der Waals surface area contributed by atoms with Crippen LogP contribution in [0.15, 0.2) is 29.2 Å². The summed E-state index contributed by atoms with van der Waals surface area (Å²) in [6.07, 6.45) is 4.80. The van der Waals surface area contributed by atoms with Crippen LogP contribution in [-0.2, 0) is 11.2 Å². The van der Waals surface area contributed by atoms with Crippen molar-refractivity contribution in [1.29, 1.82) is 0 Å². The number of thioether (sulfide) groups is 1. The third kappa shape index (κ3) is 2.51. The van der Waals surface area contributed by atoms with Crippen LogP contribution in [-0.4, -0.2) is 28.4 Å². The minimum Gasteiger partial charge on any atom is -0.394 e. The van der Waals surface area contributed by atoms with E-state index < -0.39 is 0 Å². The summed E-state index contributed by atoms with van der Waals surface area (Å²) in [6.45, 7) is 0.0586. The largest absolute Gasteiger partial charge is 0.394 e. The molecule has 2 N–H and O–H groups in total. The molecule has 1 aliphatic heterocycles. The van der Waals surface area contributed by atoms with Crippen LogP contribution in [0.25, 0.3) is 0 Å². The second-order valence-corrected chi connectivity index (χ2v) is 6.80. The second-order valence-electron chi connectivity index (χ2n) is 5.55. The molecule has 1 heterocycles. The highest BCUT2D eigenvalue weighted by Gasteiger charge is 2.37. The molecular formula is C15H19NO2S. The number of nitrogens with one attached hydrogen (secondary N) is 1. The number of rotatable bonds is 3. The van der Waals surface area contributed by atoms with Gasteiger partial charge in [0.05, 0.1) is 17.4 Å². The highest BCUT2D eigenvalue weighted by Crippen LogP contribution is 2.38. The smallest absolute Gasteiger partial charge is 0.234 e. The normalized spacial score (nSPS) is 24.2. The highest BCUT2D eigenvalue weighted by atomic mass is 32.2. The number of carbonyl (C=O) groups excluding carboxylic acids is 1. The molecule has 0 aromatic heterocycles. The zero-order valence-corrected chi connectivity index (χ0v) is 11.7. The van der Waals surface area contributed by atoms with Gasteiger partial charge in [0, 0.05) is 4.90 Å². The van der Waals surface area contributed by atoms with E-state index in [0.29, 0.717) is 0 Å². The highest BCUT2D eigenvalue weighted by molar-refractivity contribution is 8.01. The van der Waals surface area contributed by atoms with Crippen molar-refractivity contribution in [2.24, 2.45) is 0 Å². The van der Waals surface area contributed by atoms with E-state index in [1.54, 1.807) is 11.8 Å². The van der Waals surface area contributed by atoms with Crippen molar-refractivity contribution < 1.29 is 9.90 Å². The van der Waals surface area contributed by atoms with Crippen LogP contribution < -0.4 is 5.32 Å². The number of hydrogen-bond donors (Lipinski definition) is 2. The van der Waals surface area contributed by atoms with Crippen molar-refractivity contribution in [2.45, 2.75) is 47.8 Å². The van der Waals surface area contributed by atoms with E-state index in [1.165, 1.54) is 10.5 Å². The number of amides is 1. The molecule has 1 aromatic carbocycles. The van der Waals surface area contributed by atoms with Crippen LogP contribution in [0.2, 0.25) is 0 Å². The molecule has 1 amide bonds. The lowest BCUT2D eigenvalue weighted by Gasteiger charge is -2.29. The molecule has 1 fully saturated rings. The van der Waals surface area contributed by atoms with Crippen LogP contribution in [0.1, 0.15) is 31.2 Å². The summed E-state index contributed by atoms with van der Waals surface area (Å²) < 4.78 is 0. The minimum atomic E-state index is -0.355. The number of fused-ring (bicyclic) bond motifs is 1. The van der Waals surface area contributed by atoms with E-state index in [9.17, 15) is 9.90 Å². The molecule has 1 saturated carbocycles. The zero-order valence-electron chi connectivity index (χ0n) is 10.9. The van der Waals surface area contributed by atoms with E-state index in [2.05, 4.69) is 17.4 Å². The summed E-state index contributed by atoms with van der Waals surface area (Å²) in [5, 5.41) is 12.6. The van der Waals surface area contributed by atoms with Crippen LogP contribution >= 0.6 is 11.8 Å². The van der Waals surface area contributed by atoms with Gasteiger partial charge in [0.1, 0.15) is 0 Å². The van der Waals surface area contributed by atoms with Gasteiger partial charge in [-0.15, -0.1) is 11.8 Å². The van der Waals surface area contributed by atoms with Gasteiger partial charge in [-0.2, -0.15) is 0 Å². The Morgan fingerprint density at radius 3 is 2.79 bits per heavy atom. The third-order valence-electron chi connectivity index (χ3n) is 4.19. The molecule has 0 spiro atoms. The fourth-order valence-electron chi connectivity index (χ4n) is 3.04. The van der Waals surface area contributed by atoms with Crippen molar-refractivity contribution in [3.05, 3.63) is 29.8 Å². The van der Waals surface area contributed by atoms with Crippen molar-refractivity contribution in [3.8, 4) is 0 Å². The maximum Gasteiger partial charge on any atom is 0.234 e. The number of aliphatic hydroxyl groups excluding tert-OH is 1. The van der Waals surface area contributed by atoms with Gasteiger partial charge < -0.3 is 10.4 Å². The zero-order chi connectivity index (χ0) is 13.3. The molecule has 1 unspecified atom stereocenters. The van der Waals surface area contributed by atoms with Crippen molar-refractivity contribution in [3.63, 3.8) is 0 Å². The van der Waals surface area contributed by atoms with Gasteiger partial charge in [-0.1, -0.05) is 31.0 Å². The molecule has 0 radical (unpaired) electrons. The molecule has 0 bridgehead atoms. The Labute approximate surface area is 117 Å². The van der Waals surface area contributed by atoms with Crippen LogP contribution in [0.3, 0.4) is 0 Å². The predicted molar refractivity (Wildman–Crippen MR) is 76.2 cm³/mol. The number of aliphatic hydroxyl groups is 1. The van der Waals surface area contributed by atoms with Crippen molar-refractivity contribution >= 4 is 17.7 Å². The predicted octanol–water partition coefficient (Wildman–Crippen LogP) is 2.12. The summed E-state index contributed by atoms with van der Waals surface area (Å²) in [4.78, 5) is 13.6. The Hall–Kier alpha value is -1.00. The van der Waals surface area contributed by atoms with Gasteiger partial charge in [-0.05, 0) is 30.9 Å². The minimum absolute atomic E-state index is 0.0403. The molecule has 2 aliphatic rings. The summed E-state index contributed by atoms with van der Waals surface area (Å²) >= 11 is 1.64. The van der Waals surface area contributed by atoms with Crippen molar-refractivity contribution in [1.82, 2.24) is 5.32 Å². The summed E-state index contributed by atoms with van der Waals surface area (Å²) in [6, 6.07) is 8.20. The summed E-state index contributed by atoms with van der Waals surface area (Å²) in [7, 11) is 0. The fraction of sp³-hybridized carbons (Fsp3) is 0.533. The van der Waals surface area contributed by atoms with E-state index in [0.717, 1.165) is 32.1 Å². The van der Waals surface area contributed by atoms with Gasteiger partial charge >= 0.3 is 0 Å². The van der Waals surface area contributed by atoms with Crippen LogP contribution in [0.4, 0.5) is 0 Å². The molecule has 1 aromatic rings. The van der Waals surface area contributed by atoms with Crippen LogP contribution in [0.5, 0.6) is 0 Å². The van der Waals surface area contributed by atoms with Crippen LogP contribution in [0, 0.1) is 0 Å². The maximum absolute atomic E-state index is 12.4. The molecule has 102 valence electrons. The monoisotopic (exact) mass is 277 g/mol. The van der Waals surface area contributed by atoms with Gasteiger partial charge in [0.15, 0.2) is 0 Å². The number of carbonyl (C=O) groups is 1. The average Bonchev–Trinajstić information content (AvgIpc) is 3.05. The number of benzene rings is 1. The van der Waals surface area contributed by atoms with Gasteiger partial charge in [0.25, 0.3) is 0 Å². The Morgan fingerprint density at radius 1 is 1.37 bits per heavy atom. The molecule has 1 aliphatic carbocycles. The Kier molecular flexibility index (Phi) is 3.54. The first-order valence-corrected chi connectivity index (χ1v) is 7.78. The lowest BCUT2D eigenvalue weighted by Crippen LogP contribution is -2.51. The molecule has 0 saturated heterocycles.